The molecule has 1 aromatic heterocycles. The Morgan fingerprint density at radius 2 is 1.76 bits per heavy atom. The van der Waals surface area contributed by atoms with Gasteiger partial charge in [-0.25, -0.2) is 0 Å². The van der Waals surface area contributed by atoms with Crippen molar-refractivity contribution < 1.29 is 0 Å². The Labute approximate surface area is 126 Å². The van der Waals surface area contributed by atoms with E-state index in [9.17, 15) is 0 Å². The van der Waals surface area contributed by atoms with Gasteiger partial charge in [0.1, 0.15) is 0 Å². The van der Waals surface area contributed by atoms with Crippen LogP contribution in [-0.4, -0.2) is 41.6 Å². The molecule has 1 saturated heterocycles. The number of nitrogens with zero attached hydrogens (tertiary/aromatic N) is 5. The lowest BCUT2D eigenvalue weighted by Crippen LogP contribution is -2.30. The molecule has 116 valence electrons. The van der Waals surface area contributed by atoms with Crippen LogP contribution in [0, 0.1) is 5.92 Å². The first-order chi connectivity index (χ1) is 10.2. The van der Waals surface area contributed by atoms with E-state index in [4.69, 9.17) is 5.73 Å². The van der Waals surface area contributed by atoms with Gasteiger partial charge in [0.2, 0.25) is 17.8 Å². The summed E-state index contributed by atoms with van der Waals surface area (Å²) in [6.07, 6.45) is 9.16. The second-order valence-electron chi connectivity index (χ2n) is 6.37. The Hall–Kier alpha value is -1.59. The van der Waals surface area contributed by atoms with Crippen LogP contribution in [0.15, 0.2) is 0 Å². The van der Waals surface area contributed by atoms with Crippen LogP contribution in [0.25, 0.3) is 0 Å². The molecular weight excluding hydrogens is 264 g/mol. The smallest absolute Gasteiger partial charge is 0.231 e. The molecule has 2 fully saturated rings. The fourth-order valence-electron chi connectivity index (χ4n) is 3.44. The maximum atomic E-state index is 5.88. The van der Waals surface area contributed by atoms with Crippen molar-refractivity contribution in [3.8, 4) is 0 Å². The van der Waals surface area contributed by atoms with Crippen molar-refractivity contribution in [2.24, 2.45) is 5.92 Å². The first kappa shape index (κ1) is 14.4. The number of hydrogen-bond acceptors (Lipinski definition) is 6. The summed E-state index contributed by atoms with van der Waals surface area (Å²) in [5, 5.41) is 0. The van der Waals surface area contributed by atoms with Crippen LogP contribution in [0.2, 0.25) is 0 Å². The molecule has 1 aromatic rings. The Balaban J connectivity index is 1.70. The molecule has 0 aromatic carbocycles. The van der Waals surface area contributed by atoms with Gasteiger partial charge in [-0.3, -0.25) is 0 Å². The largest absolute Gasteiger partial charge is 0.368 e. The average Bonchev–Trinajstić information content (AvgIpc) is 3.02. The fourth-order valence-corrected chi connectivity index (χ4v) is 3.44. The van der Waals surface area contributed by atoms with Gasteiger partial charge in [-0.2, -0.15) is 15.0 Å². The van der Waals surface area contributed by atoms with Crippen LogP contribution in [0.3, 0.4) is 0 Å². The third-order valence-corrected chi connectivity index (χ3v) is 4.62. The summed E-state index contributed by atoms with van der Waals surface area (Å²) in [5.41, 5.74) is 5.88. The van der Waals surface area contributed by atoms with Crippen LogP contribution in [0.5, 0.6) is 0 Å². The monoisotopic (exact) mass is 290 g/mol. The van der Waals surface area contributed by atoms with Crippen LogP contribution < -0.4 is 15.5 Å². The highest BCUT2D eigenvalue weighted by Crippen LogP contribution is 2.25. The molecular formula is C15H26N6. The van der Waals surface area contributed by atoms with Crippen molar-refractivity contribution in [1.29, 1.82) is 0 Å². The molecule has 2 aliphatic rings. The topological polar surface area (TPSA) is 71.2 Å². The van der Waals surface area contributed by atoms with Crippen molar-refractivity contribution >= 4 is 17.8 Å². The van der Waals surface area contributed by atoms with Gasteiger partial charge >= 0.3 is 0 Å². The van der Waals surface area contributed by atoms with Gasteiger partial charge in [0.05, 0.1) is 0 Å². The standard InChI is InChI=1S/C15H26N6/c1-20(11-12-7-3-2-4-8-12)14-17-13(16)18-15(19-14)21-9-5-6-10-21/h12H,2-11H2,1H3,(H2,16,17,18,19). The van der Waals surface area contributed by atoms with E-state index in [0.717, 1.165) is 37.4 Å². The lowest BCUT2D eigenvalue weighted by Gasteiger charge is -2.27. The van der Waals surface area contributed by atoms with E-state index in [2.05, 4.69) is 31.8 Å². The maximum absolute atomic E-state index is 5.88. The van der Waals surface area contributed by atoms with Gasteiger partial charge in [0, 0.05) is 26.7 Å². The highest BCUT2D eigenvalue weighted by molar-refractivity contribution is 5.43. The van der Waals surface area contributed by atoms with Gasteiger partial charge in [-0.1, -0.05) is 19.3 Å². The van der Waals surface area contributed by atoms with Crippen molar-refractivity contribution in [3.63, 3.8) is 0 Å². The third-order valence-electron chi connectivity index (χ3n) is 4.62. The number of aromatic nitrogens is 3. The number of rotatable bonds is 4. The van der Waals surface area contributed by atoms with Gasteiger partial charge in [-0.05, 0) is 31.6 Å². The van der Waals surface area contributed by atoms with Gasteiger partial charge in [-0.15, -0.1) is 0 Å². The molecule has 0 bridgehead atoms. The van der Waals surface area contributed by atoms with Crippen molar-refractivity contribution in [1.82, 2.24) is 15.0 Å². The predicted octanol–water partition coefficient (Wildman–Crippen LogP) is 2.07. The lowest BCUT2D eigenvalue weighted by atomic mass is 9.89. The van der Waals surface area contributed by atoms with Gasteiger partial charge < -0.3 is 15.5 Å². The number of nitrogen functional groups attached to an aromatic ring is 1. The van der Waals surface area contributed by atoms with Crippen molar-refractivity contribution in [2.45, 2.75) is 44.9 Å². The molecule has 1 aliphatic carbocycles. The minimum absolute atomic E-state index is 0.331. The molecule has 0 amide bonds. The normalized spacial score (nSPS) is 20.0. The van der Waals surface area contributed by atoms with E-state index in [-0.39, 0.29) is 0 Å². The van der Waals surface area contributed by atoms with E-state index in [1.54, 1.807) is 0 Å². The summed E-state index contributed by atoms with van der Waals surface area (Å²) in [5.74, 6) is 2.55. The van der Waals surface area contributed by atoms with E-state index in [0.29, 0.717) is 5.95 Å². The highest BCUT2D eigenvalue weighted by atomic mass is 15.3. The van der Waals surface area contributed by atoms with E-state index in [1.165, 1.54) is 44.9 Å². The molecule has 6 nitrogen and oxygen atoms in total. The molecule has 21 heavy (non-hydrogen) atoms. The Morgan fingerprint density at radius 1 is 1.05 bits per heavy atom. The maximum Gasteiger partial charge on any atom is 0.231 e. The van der Waals surface area contributed by atoms with Crippen LogP contribution in [-0.2, 0) is 0 Å². The lowest BCUT2D eigenvalue weighted by molar-refractivity contribution is 0.361. The second-order valence-corrected chi connectivity index (χ2v) is 6.37. The summed E-state index contributed by atoms with van der Waals surface area (Å²) in [6, 6.07) is 0. The van der Waals surface area contributed by atoms with Gasteiger partial charge in [0.15, 0.2) is 0 Å². The summed E-state index contributed by atoms with van der Waals surface area (Å²) >= 11 is 0. The quantitative estimate of drug-likeness (QED) is 0.915. The van der Waals surface area contributed by atoms with Crippen LogP contribution >= 0.6 is 0 Å². The first-order valence-electron chi connectivity index (χ1n) is 8.20. The zero-order chi connectivity index (χ0) is 14.7. The molecule has 0 unspecified atom stereocenters. The van der Waals surface area contributed by atoms with E-state index in [1.807, 2.05) is 0 Å². The molecule has 0 radical (unpaired) electrons. The molecule has 3 rings (SSSR count). The zero-order valence-electron chi connectivity index (χ0n) is 13.0. The summed E-state index contributed by atoms with van der Waals surface area (Å²) in [6.45, 7) is 3.06. The summed E-state index contributed by atoms with van der Waals surface area (Å²) < 4.78 is 0. The van der Waals surface area contributed by atoms with Crippen molar-refractivity contribution in [3.05, 3.63) is 0 Å². The Bertz CT molecular complexity index is 465. The van der Waals surface area contributed by atoms with Crippen LogP contribution in [0.4, 0.5) is 17.8 Å². The fraction of sp³-hybridized carbons (Fsp3) is 0.800. The molecule has 0 atom stereocenters. The third kappa shape index (κ3) is 3.54. The first-order valence-corrected chi connectivity index (χ1v) is 8.20. The second kappa shape index (κ2) is 6.45. The Morgan fingerprint density at radius 3 is 2.48 bits per heavy atom. The number of hydrogen-bond donors (Lipinski definition) is 1. The highest BCUT2D eigenvalue weighted by Gasteiger charge is 2.20. The minimum Gasteiger partial charge on any atom is -0.368 e. The van der Waals surface area contributed by atoms with Crippen molar-refractivity contribution in [2.75, 3.05) is 42.2 Å². The molecule has 2 heterocycles. The number of nitrogens with two attached hydrogens (primary N) is 1. The molecule has 1 aliphatic heterocycles. The van der Waals surface area contributed by atoms with Crippen LogP contribution in [0.1, 0.15) is 44.9 Å². The SMILES string of the molecule is CN(CC1CCCCC1)c1nc(N)nc(N2CCCC2)n1. The Kier molecular flexibility index (Phi) is 4.41. The predicted molar refractivity (Wildman–Crippen MR) is 85.5 cm³/mol. The number of anilines is 3. The minimum atomic E-state index is 0.331. The summed E-state index contributed by atoms with van der Waals surface area (Å²) in [4.78, 5) is 17.6. The molecule has 0 spiro atoms. The average molecular weight is 290 g/mol. The van der Waals surface area contributed by atoms with E-state index < -0.39 is 0 Å². The zero-order valence-corrected chi connectivity index (χ0v) is 13.0. The summed E-state index contributed by atoms with van der Waals surface area (Å²) in [7, 11) is 2.07. The molecule has 6 heteroatoms. The molecule has 1 saturated carbocycles. The van der Waals surface area contributed by atoms with E-state index >= 15 is 0 Å². The molecule has 2 N–H and O–H groups in total. The van der Waals surface area contributed by atoms with Gasteiger partial charge in [0.25, 0.3) is 0 Å².